The summed E-state index contributed by atoms with van der Waals surface area (Å²) in [4.78, 5) is 17.8. The second-order valence-corrected chi connectivity index (χ2v) is 4.93. The minimum absolute atomic E-state index is 0.173. The van der Waals surface area contributed by atoms with Crippen LogP contribution in [-0.4, -0.2) is 37.2 Å². The molecule has 20 heavy (non-hydrogen) atoms. The third-order valence-electron chi connectivity index (χ3n) is 3.72. The zero-order valence-corrected chi connectivity index (χ0v) is 12.4. The highest BCUT2D eigenvalue weighted by Gasteiger charge is 2.29. The molecule has 2 rings (SSSR count). The zero-order valence-electron chi connectivity index (χ0n) is 12.4. The molecule has 5 heteroatoms. The number of rotatable bonds is 2. The fourth-order valence-electron chi connectivity index (χ4n) is 2.39. The van der Waals surface area contributed by atoms with Crippen molar-refractivity contribution in [2.75, 3.05) is 20.2 Å². The fourth-order valence-corrected chi connectivity index (χ4v) is 2.39. The van der Waals surface area contributed by atoms with Crippen LogP contribution in [0.3, 0.4) is 0 Å². The van der Waals surface area contributed by atoms with E-state index >= 15 is 0 Å². The normalized spacial score (nSPS) is 17.9. The van der Waals surface area contributed by atoms with Crippen LogP contribution in [0, 0.1) is 13.8 Å². The molecular weight excluding hydrogens is 254 g/mol. The summed E-state index contributed by atoms with van der Waals surface area (Å²) in [7, 11) is 1.35. The molecule has 0 radical (unpaired) electrons. The Labute approximate surface area is 119 Å². The van der Waals surface area contributed by atoms with E-state index in [2.05, 4.69) is 52.0 Å². The van der Waals surface area contributed by atoms with Crippen molar-refractivity contribution in [2.24, 2.45) is 4.99 Å². The first-order valence-corrected chi connectivity index (χ1v) is 6.80. The molecule has 0 saturated heterocycles. The van der Waals surface area contributed by atoms with Gasteiger partial charge in [-0.15, -0.1) is 0 Å². The lowest BCUT2D eigenvalue weighted by atomic mass is 10.0. The molecule has 5 nitrogen and oxygen atoms in total. The maximum Gasteiger partial charge on any atom is 0.413 e. The number of methoxy groups -OCH3 is 1. The van der Waals surface area contributed by atoms with Gasteiger partial charge in [-0.3, -0.25) is 10.3 Å². The van der Waals surface area contributed by atoms with Gasteiger partial charge in [0.25, 0.3) is 0 Å². The van der Waals surface area contributed by atoms with E-state index in [1.807, 2.05) is 6.92 Å². The quantitative estimate of drug-likeness (QED) is 0.901. The van der Waals surface area contributed by atoms with E-state index in [1.165, 1.54) is 23.8 Å². The number of alkyl carbamates (subject to hydrolysis) is 1. The van der Waals surface area contributed by atoms with Crippen molar-refractivity contribution in [1.29, 1.82) is 0 Å². The average Bonchev–Trinajstić information content (AvgIpc) is 2.84. The molecule has 1 atom stereocenters. The van der Waals surface area contributed by atoms with Gasteiger partial charge in [0.05, 0.1) is 19.7 Å². The minimum atomic E-state index is -0.483. The van der Waals surface area contributed by atoms with Gasteiger partial charge in [-0.1, -0.05) is 18.2 Å². The molecule has 1 aliphatic heterocycles. The van der Waals surface area contributed by atoms with Crippen molar-refractivity contribution >= 4 is 12.1 Å². The van der Waals surface area contributed by atoms with Crippen LogP contribution in [-0.2, 0) is 4.74 Å². The molecular formula is C15H21N3O2. The van der Waals surface area contributed by atoms with E-state index in [0.717, 1.165) is 6.54 Å². The number of nitrogens with one attached hydrogen (secondary N) is 1. The SMILES string of the molecule is CCN1C(NC(=O)OC)=NCC1c1ccc(C)c(C)c1. The van der Waals surface area contributed by atoms with Gasteiger partial charge in [-0.05, 0) is 37.5 Å². The molecule has 108 valence electrons. The number of aliphatic imine (C=N–C) groups is 1. The molecule has 0 saturated carbocycles. The van der Waals surface area contributed by atoms with E-state index in [-0.39, 0.29) is 6.04 Å². The van der Waals surface area contributed by atoms with Crippen LogP contribution < -0.4 is 5.32 Å². The molecule has 0 aromatic heterocycles. The molecule has 1 aromatic rings. The Morgan fingerprint density at radius 2 is 2.20 bits per heavy atom. The van der Waals surface area contributed by atoms with Crippen molar-refractivity contribution in [3.05, 3.63) is 34.9 Å². The van der Waals surface area contributed by atoms with E-state index in [0.29, 0.717) is 12.5 Å². The van der Waals surface area contributed by atoms with E-state index in [4.69, 9.17) is 0 Å². The number of amides is 1. The fraction of sp³-hybridized carbons (Fsp3) is 0.467. The summed E-state index contributed by atoms with van der Waals surface area (Å²) in [6, 6.07) is 6.63. The largest absolute Gasteiger partial charge is 0.453 e. The van der Waals surface area contributed by atoms with Gasteiger partial charge in [0.2, 0.25) is 5.96 Å². The zero-order chi connectivity index (χ0) is 14.7. The number of hydrogen-bond acceptors (Lipinski definition) is 4. The van der Waals surface area contributed by atoms with E-state index < -0.39 is 6.09 Å². The first kappa shape index (κ1) is 14.4. The summed E-state index contributed by atoms with van der Waals surface area (Å²) in [5.74, 6) is 0.586. The van der Waals surface area contributed by atoms with Gasteiger partial charge in [0.1, 0.15) is 0 Å². The van der Waals surface area contributed by atoms with E-state index in [1.54, 1.807) is 0 Å². The lowest BCUT2D eigenvalue weighted by Crippen LogP contribution is -2.42. The number of benzene rings is 1. The number of aryl methyl sites for hydroxylation is 2. The van der Waals surface area contributed by atoms with Gasteiger partial charge in [0, 0.05) is 6.54 Å². The van der Waals surface area contributed by atoms with Gasteiger partial charge >= 0.3 is 6.09 Å². The summed E-state index contributed by atoms with van der Waals surface area (Å²) in [6.45, 7) is 7.69. The molecule has 1 amide bonds. The summed E-state index contributed by atoms with van der Waals surface area (Å²) in [5, 5.41) is 2.67. The highest BCUT2D eigenvalue weighted by atomic mass is 16.5. The standard InChI is InChI=1S/C15H21N3O2/c1-5-18-13(9-16-14(18)17-15(19)20-4)12-7-6-10(2)11(3)8-12/h6-8,13H,5,9H2,1-4H3,(H,16,17,19). The van der Waals surface area contributed by atoms with Gasteiger partial charge in [-0.2, -0.15) is 0 Å². The number of likely N-dealkylation sites (N-methyl/N-ethyl adjacent to an activating group) is 1. The van der Waals surface area contributed by atoms with Crippen LogP contribution >= 0.6 is 0 Å². The van der Waals surface area contributed by atoms with Gasteiger partial charge in [0.15, 0.2) is 0 Å². The molecule has 0 bridgehead atoms. The Morgan fingerprint density at radius 1 is 1.45 bits per heavy atom. The molecule has 0 fully saturated rings. The predicted molar refractivity (Wildman–Crippen MR) is 78.9 cm³/mol. The molecule has 0 spiro atoms. The Morgan fingerprint density at radius 3 is 2.80 bits per heavy atom. The van der Waals surface area contributed by atoms with Crippen molar-refractivity contribution in [3.8, 4) is 0 Å². The second-order valence-electron chi connectivity index (χ2n) is 4.93. The molecule has 0 aliphatic carbocycles. The number of nitrogens with zero attached hydrogens (tertiary/aromatic N) is 2. The van der Waals surface area contributed by atoms with Crippen LogP contribution in [0.5, 0.6) is 0 Å². The third kappa shape index (κ3) is 2.76. The van der Waals surface area contributed by atoms with Crippen molar-refractivity contribution in [3.63, 3.8) is 0 Å². The third-order valence-corrected chi connectivity index (χ3v) is 3.72. The first-order chi connectivity index (χ1) is 9.56. The van der Waals surface area contributed by atoms with Gasteiger partial charge in [-0.25, -0.2) is 4.79 Å². The minimum Gasteiger partial charge on any atom is -0.453 e. The van der Waals surface area contributed by atoms with Crippen LogP contribution in [0.2, 0.25) is 0 Å². The highest BCUT2D eigenvalue weighted by Crippen LogP contribution is 2.27. The molecule has 1 heterocycles. The number of carbonyl (C=O) groups is 1. The Bertz CT molecular complexity index is 540. The highest BCUT2D eigenvalue weighted by molar-refractivity contribution is 5.95. The number of ether oxygens (including phenoxy) is 1. The molecule has 1 unspecified atom stereocenters. The Hall–Kier alpha value is -2.04. The smallest absolute Gasteiger partial charge is 0.413 e. The lowest BCUT2D eigenvalue weighted by Gasteiger charge is -2.27. The second kappa shape index (κ2) is 5.94. The van der Waals surface area contributed by atoms with Crippen LogP contribution in [0.15, 0.2) is 23.2 Å². The summed E-state index contributed by atoms with van der Waals surface area (Å²) >= 11 is 0. The van der Waals surface area contributed by atoms with Crippen LogP contribution in [0.4, 0.5) is 4.79 Å². The Kier molecular flexibility index (Phi) is 4.27. The average molecular weight is 275 g/mol. The summed E-state index contributed by atoms with van der Waals surface area (Å²) in [6.07, 6.45) is -0.483. The summed E-state index contributed by atoms with van der Waals surface area (Å²) in [5.41, 5.74) is 3.77. The number of carbonyl (C=O) groups excluding carboxylic acids is 1. The first-order valence-electron chi connectivity index (χ1n) is 6.80. The van der Waals surface area contributed by atoms with Crippen molar-refractivity contribution in [2.45, 2.75) is 26.8 Å². The Balaban J connectivity index is 2.18. The van der Waals surface area contributed by atoms with E-state index in [9.17, 15) is 4.79 Å². The monoisotopic (exact) mass is 275 g/mol. The van der Waals surface area contributed by atoms with Crippen LogP contribution in [0.25, 0.3) is 0 Å². The maximum atomic E-state index is 11.3. The number of guanidine groups is 1. The van der Waals surface area contributed by atoms with Crippen LogP contribution in [0.1, 0.15) is 29.7 Å². The maximum absolute atomic E-state index is 11.3. The van der Waals surface area contributed by atoms with Gasteiger partial charge < -0.3 is 9.64 Å². The predicted octanol–water partition coefficient (Wildman–Crippen LogP) is 2.39. The topological polar surface area (TPSA) is 53.9 Å². The molecule has 1 aliphatic rings. The lowest BCUT2D eigenvalue weighted by molar-refractivity contribution is 0.175. The molecule has 1 aromatic carbocycles. The number of hydrogen-bond donors (Lipinski definition) is 1. The summed E-state index contributed by atoms with van der Waals surface area (Å²) < 4.78 is 4.62. The van der Waals surface area contributed by atoms with Crippen molar-refractivity contribution in [1.82, 2.24) is 10.2 Å². The molecule has 1 N–H and O–H groups in total. The van der Waals surface area contributed by atoms with Crippen molar-refractivity contribution < 1.29 is 9.53 Å².